The van der Waals surface area contributed by atoms with Crippen LogP contribution in [0.2, 0.25) is 0 Å². The highest BCUT2D eigenvalue weighted by Gasteiger charge is 2.15. The number of rotatable bonds is 7. The molecule has 0 spiro atoms. The third-order valence-corrected chi connectivity index (χ3v) is 5.62. The highest BCUT2D eigenvalue weighted by atomic mass is 33.1. The first-order valence-corrected chi connectivity index (χ1v) is 8.61. The maximum atomic E-state index is 11.4. The summed E-state index contributed by atoms with van der Waals surface area (Å²) in [5.74, 6) is 2.09. The quantitative estimate of drug-likeness (QED) is 0.562. The molecule has 1 aliphatic heterocycles. The van der Waals surface area contributed by atoms with Gasteiger partial charge in [0.05, 0.1) is 0 Å². The third kappa shape index (κ3) is 6.69. The average Bonchev–Trinajstić information content (AvgIpc) is 2.74. The van der Waals surface area contributed by atoms with E-state index >= 15 is 0 Å². The van der Waals surface area contributed by atoms with Gasteiger partial charge in [-0.15, -0.1) is 0 Å². The molecule has 1 atom stereocenters. The van der Waals surface area contributed by atoms with Gasteiger partial charge in [-0.2, -0.15) is 0 Å². The van der Waals surface area contributed by atoms with E-state index in [4.69, 9.17) is 0 Å². The Morgan fingerprint density at radius 2 is 2.25 bits per heavy atom. The van der Waals surface area contributed by atoms with Gasteiger partial charge in [0.25, 0.3) is 0 Å². The minimum Gasteiger partial charge on any atom is -0.356 e. The molecular formula is C12H23NOS2. The zero-order valence-electron chi connectivity index (χ0n) is 10.3. The van der Waals surface area contributed by atoms with E-state index in [2.05, 4.69) is 19.2 Å². The Balaban J connectivity index is 1.91. The summed E-state index contributed by atoms with van der Waals surface area (Å²) in [5.41, 5.74) is 0. The van der Waals surface area contributed by atoms with Gasteiger partial charge in [0, 0.05) is 24.0 Å². The van der Waals surface area contributed by atoms with E-state index in [0.29, 0.717) is 12.3 Å². The van der Waals surface area contributed by atoms with Crippen LogP contribution in [0.5, 0.6) is 0 Å². The second-order valence-corrected chi connectivity index (χ2v) is 7.56. The summed E-state index contributed by atoms with van der Waals surface area (Å²) in [7, 11) is 4.03. The van der Waals surface area contributed by atoms with E-state index in [-0.39, 0.29) is 5.91 Å². The summed E-state index contributed by atoms with van der Waals surface area (Å²) in [4.78, 5) is 11.4. The Bertz CT molecular complexity index is 203. The smallest absolute Gasteiger partial charge is 0.220 e. The second-order valence-electron chi connectivity index (χ2n) is 4.77. The molecule has 94 valence electrons. The van der Waals surface area contributed by atoms with Crippen LogP contribution in [0, 0.1) is 5.92 Å². The van der Waals surface area contributed by atoms with E-state index in [1.807, 2.05) is 21.6 Å². The summed E-state index contributed by atoms with van der Waals surface area (Å²) in [6.07, 6.45) is 5.60. The van der Waals surface area contributed by atoms with Gasteiger partial charge in [-0.25, -0.2) is 0 Å². The van der Waals surface area contributed by atoms with Gasteiger partial charge < -0.3 is 5.32 Å². The highest BCUT2D eigenvalue weighted by Crippen LogP contribution is 2.39. The first kappa shape index (κ1) is 14.2. The van der Waals surface area contributed by atoms with E-state index < -0.39 is 0 Å². The standard InChI is InChI=1S/C12H23NOS2/c1-10(2)9-13-12(14)6-4-3-5-11-7-8-15-16-11/h10-11H,3-9H2,1-2H3,(H,13,14). The molecule has 16 heavy (non-hydrogen) atoms. The number of carbonyl (C=O) groups is 1. The van der Waals surface area contributed by atoms with Gasteiger partial charge in [0.2, 0.25) is 5.91 Å². The van der Waals surface area contributed by atoms with Gasteiger partial charge in [0.1, 0.15) is 0 Å². The van der Waals surface area contributed by atoms with Crippen LogP contribution in [0.3, 0.4) is 0 Å². The lowest BCUT2D eigenvalue weighted by molar-refractivity contribution is -0.121. The number of amides is 1. The normalized spacial score (nSPS) is 20.3. The molecule has 1 aliphatic rings. The van der Waals surface area contributed by atoms with E-state index in [1.54, 1.807) is 0 Å². The van der Waals surface area contributed by atoms with Crippen molar-refractivity contribution in [2.24, 2.45) is 5.92 Å². The fraction of sp³-hybridized carbons (Fsp3) is 0.917. The summed E-state index contributed by atoms with van der Waals surface area (Å²) >= 11 is 0. The van der Waals surface area contributed by atoms with Gasteiger partial charge in [0.15, 0.2) is 0 Å². The first-order valence-electron chi connectivity index (χ1n) is 6.23. The Hall–Kier alpha value is 0.170. The van der Waals surface area contributed by atoms with Gasteiger partial charge in [-0.1, -0.05) is 41.9 Å². The van der Waals surface area contributed by atoms with Crippen LogP contribution >= 0.6 is 21.6 Å². The lowest BCUT2D eigenvalue weighted by atomic mass is 10.1. The van der Waals surface area contributed by atoms with Crippen molar-refractivity contribution in [2.45, 2.75) is 51.2 Å². The minimum atomic E-state index is 0.224. The molecule has 1 saturated heterocycles. The molecule has 0 aromatic rings. The molecule has 2 nitrogen and oxygen atoms in total. The predicted octanol–water partition coefficient (Wildman–Crippen LogP) is 3.47. The zero-order valence-corrected chi connectivity index (χ0v) is 12.0. The van der Waals surface area contributed by atoms with E-state index in [9.17, 15) is 4.79 Å². The summed E-state index contributed by atoms with van der Waals surface area (Å²) in [5, 5.41) is 3.81. The summed E-state index contributed by atoms with van der Waals surface area (Å²) < 4.78 is 0. The minimum absolute atomic E-state index is 0.224. The largest absolute Gasteiger partial charge is 0.356 e. The Labute approximate surface area is 107 Å². The van der Waals surface area contributed by atoms with Crippen molar-refractivity contribution in [1.29, 1.82) is 0 Å². The average molecular weight is 261 g/mol. The molecule has 1 fully saturated rings. The van der Waals surface area contributed by atoms with Crippen LogP contribution < -0.4 is 5.32 Å². The molecule has 1 heterocycles. The van der Waals surface area contributed by atoms with Crippen molar-refractivity contribution in [3.63, 3.8) is 0 Å². The van der Waals surface area contributed by atoms with Crippen molar-refractivity contribution in [3.8, 4) is 0 Å². The summed E-state index contributed by atoms with van der Waals surface area (Å²) in [6, 6.07) is 0. The molecular weight excluding hydrogens is 238 g/mol. The van der Waals surface area contributed by atoms with Crippen LogP contribution in [-0.4, -0.2) is 23.5 Å². The van der Waals surface area contributed by atoms with Crippen LogP contribution in [0.4, 0.5) is 0 Å². The summed E-state index contributed by atoms with van der Waals surface area (Å²) in [6.45, 7) is 5.05. The molecule has 0 bridgehead atoms. The Kier molecular flexibility index (Phi) is 7.37. The third-order valence-electron chi connectivity index (χ3n) is 2.61. The molecule has 0 aliphatic carbocycles. The topological polar surface area (TPSA) is 29.1 Å². The van der Waals surface area contributed by atoms with Crippen molar-refractivity contribution in [3.05, 3.63) is 0 Å². The molecule has 0 aromatic heterocycles. The van der Waals surface area contributed by atoms with E-state index in [0.717, 1.165) is 18.2 Å². The number of nitrogens with one attached hydrogen (secondary N) is 1. The van der Waals surface area contributed by atoms with Crippen molar-refractivity contribution >= 4 is 27.5 Å². The van der Waals surface area contributed by atoms with Crippen molar-refractivity contribution in [1.82, 2.24) is 5.32 Å². The predicted molar refractivity (Wildman–Crippen MR) is 74.8 cm³/mol. The van der Waals surface area contributed by atoms with Crippen LogP contribution in [0.15, 0.2) is 0 Å². The second kappa shape index (κ2) is 8.29. The van der Waals surface area contributed by atoms with Crippen LogP contribution in [0.25, 0.3) is 0 Å². The molecule has 1 N–H and O–H groups in total. The van der Waals surface area contributed by atoms with Crippen LogP contribution in [0.1, 0.15) is 46.0 Å². The maximum Gasteiger partial charge on any atom is 0.220 e. The highest BCUT2D eigenvalue weighted by molar-refractivity contribution is 8.77. The zero-order chi connectivity index (χ0) is 11.8. The van der Waals surface area contributed by atoms with Gasteiger partial charge in [-0.05, 0) is 25.2 Å². The lowest BCUT2D eigenvalue weighted by Crippen LogP contribution is -2.26. The number of hydrogen-bond acceptors (Lipinski definition) is 3. The number of hydrogen-bond donors (Lipinski definition) is 1. The molecule has 1 amide bonds. The van der Waals surface area contributed by atoms with Gasteiger partial charge >= 0.3 is 0 Å². The number of unbranched alkanes of at least 4 members (excludes halogenated alkanes) is 1. The monoisotopic (exact) mass is 261 g/mol. The Morgan fingerprint density at radius 3 is 2.88 bits per heavy atom. The number of carbonyl (C=O) groups excluding carboxylic acids is 1. The van der Waals surface area contributed by atoms with E-state index in [1.165, 1.54) is 25.0 Å². The molecule has 1 rings (SSSR count). The van der Waals surface area contributed by atoms with Crippen LogP contribution in [-0.2, 0) is 4.79 Å². The molecule has 0 saturated carbocycles. The maximum absolute atomic E-state index is 11.4. The van der Waals surface area contributed by atoms with Crippen molar-refractivity contribution in [2.75, 3.05) is 12.3 Å². The Morgan fingerprint density at radius 1 is 1.44 bits per heavy atom. The lowest BCUT2D eigenvalue weighted by Gasteiger charge is -2.08. The fourth-order valence-electron chi connectivity index (χ4n) is 1.63. The SMILES string of the molecule is CC(C)CNC(=O)CCCCC1CCSS1. The molecule has 0 aromatic carbocycles. The molecule has 4 heteroatoms. The van der Waals surface area contributed by atoms with Crippen molar-refractivity contribution < 1.29 is 4.79 Å². The molecule has 1 unspecified atom stereocenters. The molecule has 0 radical (unpaired) electrons. The van der Waals surface area contributed by atoms with Gasteiger partial charge in [-0.3, -0.25) is 4.79 Å². The fourth-order valence-corrected chi connectivity index (χ4v) is 4.66. The first-order chi connectivity index (χ1) is 7.68.